The molecule has 0 radical (unpaired) electrons. The lowest BCUT2D eigenvalue weighted by Crippen LogP contribution is -2.40. The summed E-state index contributed by atoms with van der Waals surface area (Å²) >= 11 is 1.23. The molecule has 1 amide bonds. The van der Waals surface area contributed by atoms with E-state index in [4.69, 9.17) is 9.15 Å². The number of hydrogen-bond donors (Lipinski definition) is 2. The summed E-state index contributed by atoms with van der Waals surface area (Å²) in [5.41, 5.74) is 0.302. The van der Waals surface area contributed by atoms with Crippen molar-refractivity contribution in [3.63, 3.8) is 0 Å². The van der Waals surface area contributed by atoms with Crippen LogP contribution in [-0.2, 0) is 14.8 Å². The van der Waals surface area contributed by atoms with Crippen LogP contribution in [0.1, 0.15) is 59.0 Å². The van der Waals surface area contributed by atoms with Crippen molar-refractivity contribution in [2.24, 2.45) is 0 Å². The van der Waals surface area contributed by atoms with Gasteiger partial charge in [-0.1, -0.05) is 0 Å². The first-order valence-corrected chi connectivity index (χ1v) is 10.9. The highest BCUT2D eigenvalue weighted by molar-refractivity contribution is 7.89. The van der Waals surface area contributed by atoms with Crippen LogP contribution in [0.4, 0.5) is 5.00 Å². The summed E-state index contributed by atoms with van der Waals surface area (Å²) in [6.07, 6.45) is 0. The van der Waals surface area contributed by atoms with Crippen molar-refractivity contribution in [3.8, 4) is 0 Å². The van der Waals surface area contributed by atoms with E-state index >= 15 is 0 Å². The molecule has 0 aromatic carbocycles. The van der Waals surface area contributed by atoms with Gasteiger partial charge in [-0.05, 0) is 59.2 Å². The number of sulfonamides is 1. The summed E-state index contributed by atoms with van der Waals surface area (Å²) in [4.78, 5) is 25.6. The lowest BCUT2D eigenvalue weighted by atomic mass is 10.1. The van der Waals surface area contributed by atoms with Gasteiger partial charge in [-0.3, -0.25) is 4.79 Å². The third-order valence-electron chi connectivity index (χ3n) is 3.60. The fourth-order valence-corrected chi connectivity index (χ4v) is 4.77. The average molecular weight is 429 g/mol. The molecule has 0 unspecified atom stereocenters. The molecule has 2 aromatic rings. The van der Waals surface area contributed by atoms with E-state index in [2.05, 4.69) is 10.0 Å². The molecule has 0 spiro atoms. The predicted octanol–water partition coefficient (Wildman–Crippen LogP) is 3.46. The second kappa shape index (κ2) is 8.06. The van der Waals surface area contributed by atoms with Gasteiger partial charge in [0, 0.05) is 10.4 Å². The number of rotatable bonds is 6. The molecule has 28 heavy (non-hydrogen) atoms. The van der Waals surface area contributed by atoms with E-state index in [-0.39, 0.29) is 23.0 Å². The molecule has 2 aromatic heterocycles. The molecule has 0 fully saturated rings. The lowest BCUT2D eigenvalue weighted by molar-refractivity contribution is 0.0527. The normalized spacial score (nSPS) is 12.1. The summed E-state index contributed by atoms with van der Waals surface area (Å²) in [7, 11) is -3.90. The largest absolute Gasteiger partial charge is 0.462 e. The molecule has 0 atom stereocenters. The average Bonchev–Trinajstić information content (AvgIpc) is 3.12. The van der Waals surface area contributed by atoms with Gasteiger partial charge in [0.25, 0.3) is 15.9 Å². The maximum Gasteiger partial charge on any atom is 0.341 e. The molecular formula is C18H24N2O6S2. The minimum absolute atomic E-state index is 0.187. The van der Waals surface area contributed by atoms with Gasteiger partial charge in [-0.25, -0.2) is 17.9 Å². The molecule has 0 saturated carbocycles. The molecule has 2 rings (SSSR count). The summed E-state index contributed by atoms with van der Waals surface area (Å²) in [5, 5.41) is 2.57. The molecule has 0 aliphatic heterocycles. The number of anilines is 1. The standard InChI is InChI=1S/C18H24N2O6S2/c1-7-25-17(22)14-10(2)11(3)27-16(14)19-15(21)12-8-9-13(26-12)28(23,24)20-18(4,5)6/h8-9,20H,7H2,1-6H3,(H,19,21). The van der Waals surface area contributed by atoms with E-state index in [1.807, 2.05) is 6.92 Å². The van der Waals surface area contributed by atoms with Crippen LogP contribution in [0.2, 0.25) is 0 Å². The van der Waals surface area contributed by atoms with Crippen molar-refractivity contribution in [3.05, 3.63) is 33.9 Å². The quantitative estimate of drug-likeness (QED) is 0.681. The maximum atomic E-state index is 12.5. The van der Waals surface area contributed by atoms with E-state index in [9.17, 15) is 18.0 Å². The molecule has 0 bridgehead atoms. The van der Waals surface area contributed by atoms with E-state index in [0.717, 1.165) is 10.4 Å². The van der Waals surface area contributed by atoms with Crippen LogP contribution in [0.5, 0.6) is 0 Å². The van der Waals surface area contributed by atoms with E-state index in [1.165, 1.54) is 23.5 Å². The van der Waals surface area contributed by atoms with Gasteiger partial charge in [0.05, 0.1) is 12.2 Å². The summed E-state index contributed by atoms with van der Waals surface area (Å²) in [5.74, 6) is -1.38. The Labute approximate surface area is 168 Å². The van der Waals surface area contributed by atoms with Crippen LogP contribution in [0.25, 0.3) is 0 Å². The van der Waals surface area contributed by atoms with Crippen molar-refractivity contribution < 1.29 is 27.2 Å². The van der Waals surface area contributed by atoms with Crippen LogP contribution >= 0.6 is 11.3 Å². The molecule has 154 valence electrons. The van der Waals surface area contributed by atoms with Crippen molar-refractivity contribution in [2.75, 3.05) is 11.9 Å². The van der Waals surface area contributed by atoms with Crippen molar-refractivity contribution in [1.82, 2.24) is 4.72 Å². The zero-order valence-electron chi connectivity index (χ0n) is 16.6. The Bertz CT molecular complexity index is 996. The Balaban J connectivity index is 2.27. The molecule has 10 heteroatoms. The molecule has 2 N–H and O–H groups in total. The SMILES string of the molecule is CCOC(=O)c1c(NC(=O)c2ccc(S(=O)(=O)NC(C)(C)C)o2)sc(C)c1C. The van der Waals surface area contributed by atoms with Gasteiger partial charge in [-0.2, -0.15) is 0 Å². The minimum Gasteiger partial charge on any atom is -0.462 e. The number of ether oxygens (including phenoxy) is 1. The summed E-state index contributed by atoms with van der Waals surface area (Å²) in [6.45, 7) is 10.6. The minimum atomic E-state index is -3.90. The predicted molar refractivity (Wildman–Crippen MR) is 106 cm³/mol. The molecule has 2 heterocycles. The number of amides is 1. The maximum absolute atomic E-state index is 12.5. The Morgan fingerprint density at radius 1 is 1.21 bits per heavy atom. The van der Waals surface area contributed by atoms with Gasteiger partial charge in [0.2, 0.25) is 5.09 Å². The first-order chi connectivity index (χ1) is 12.9. The molecule has 0 aliphatic rings. The number of nitrogens with one attached hydrogen (secondary N) is 2. The Hall–Kier alpha value is -2.17. The first-order valence-electron chi connectivity index (χ1n) is 8.58. The molecule has 0 aliphatic carbocycles. The number of carbonyl (C=O) groups is 2. The Kier molecular flexibility index (Phi) is 6.37. The fraction of sp³-hybridized carbons (Fsp3) is 0.444. The van der Waals surface area contributed by atoms with Crippen LogP contribution in [-0.4, -0.2) is 32.4 Å². The fourth-order valence-electron chi connectivity index (χ4n) is 2.37. The summed E-state index contributed by atoms with van der Waals surface area (Å²) in [6, 6.07) is 2.48. The van der Waals surface area contributed by atoms with Crippen molar-refractivity contribution >= 4 is 38.2 Å². The van der Waals surface area contributed by atoms with E-state index in [0.29, 0.717) is 5.00 Å². The van der Waals surface area contributed by atoms with Crippen LogP contribution in [0, 0.1) is 13.8 Å². The zero-order chi connectivity index (χ0) is 21.3. The number of carbonyl (C=O) groups excluding carboxylic acids is 2. The number of thiophene rings is 1. The third-order valence-corrected chi connectivity index (χ3v) is 6.36. The van der Waals surface area contributed by atoms with Crippen molar-refractivity contribution in [2.45, 2.75) is 52.2 Å². The zero-order valence-corrected chi connectivity index (χ0v) is 18.3. The Morgan fingerprint density at radius 3 is 2.43 bits per heavy atom. The lowest BCUT2D eigenvalue weighted by Gasteiger charge is -2.18. The summed E-state index contributed by atoms with van der Waals surface area (Å²) < 4.78 is 37.4. The van der Waals surface area contributed by atoms with Crippen molar-refractivity contribution in [1.29, 1.82) is 0 Å². The first kappa shape index (κ1) is 22.1. The van der Waals surface area contributed by atoms with Crippen LogP contribution in [0.15, 0.2) is 21.6 Å². The Morgan fingerprint density at radius 2 is 1.86 bits per heavy atom. The number of aryl methyl sites for hydroxylation is 1. The second-order valence-corrected chi connectivity index (χ2v) is 9.97. The monoisotopic (exact) mass is 428 g/mol. The topological polar surface area (TPSA) is 115 Å². The molecule has 0 saturated heterocycles. The number of hydrogen-bond acceptors (Lipinski definition) is 7. The number of furan rings is 1. The van der Waals surface area contributed by atoms with Gasteiger partial charge in [0.15, 0.2) is 5.76 Å². The third kappa shape index (κ3) is 5.00. The van der Waals surface area contributed by atoms with Gasteiger partial charge < -0.3 is 14.5 Å². The highest BCUT2D eigenvalue weighted by Crippen LogP contribution is 2.33. The van der Waals surface area contributed by atoms with Gasteiger partial charge in [-0.15, -0.1) is 11.3 Å². The van der Waals surface area contributed by atoms with E-state index < -0.39 is 27.4 Å². The smallest absolute Gasteiger partial charge is 0.341 e. The highest BCUT2D eigenvalue weighted by Gasteiger charge is 2.27. The van der Waals surface area contributed by atoms with E-state index in [1.54, 1.807) is 34.6 Å². The van der Waals surface area contributed by atoms with Gasteiger partial charge >= 0.3 is 5.97 Å². The second-order valence-electron chi connectivity index (χ2n) is 7.14. The van der Waals surface area contributed by atoms with Crippen LogP contribution < -0.4 is 10.0 Å². The van der Waals surface area contributed by atoms with Gasteiger partial charge in [0.1, 0.15) is 5.00 Å². The van der Waals surface area contributed by atoms with Crippen LogP contribution in [0.3, 0.4) is 0 Å². The molecular weight excluding hydrogens is 404 g/mol. The highest BCUT2D eigenvalue weighted by atomic mass is 32.2. The molecule has 8 nitrogen and oxygen atoms in total. The number of esters is 1.